The summed E-state index contributed by atoms with van der Waals surface area (Å²) >= 11 is 0. The minimum atomic E-state index is 0.470. The van der Waals surface area contributed by atoms with Gasteiger partial charge in [0.1, 0.15) is 0 Å². The van der Waals surface area contributed by atoms with E-state index in [2.05, 4.69) is 12.2 Å². The Morgan fingerprint density at radius 1 is 1.75 bits per heavy atom. The Hall–Kier alpha value is -0.500. The van der Waals surface area contributed by atoms with Crippen molar-refractivity contribution in [2.75, 3.05) is 13.2 Å². The predicted molar refractivity (Wildman–Crippen MR) is 32.6 cm³/mol. The number of nitrogens with one attached hydrogen (secondary N) is 1. The highest BCUT2D eigenvalue weighted by Crippen LogP contribution is 1.89. The van der Waals surface area contributed by atoms with Crippen LogP contribution in [0, 0.1) is 0 Å². The van der Waals surface area contributed by atoms with Crippen LogP contribution < -0.4 is 5.32 Å². The average molecular weight is 113 g/mol. The first-order valence-corrected chi connectivity index (χ1v) is 2.91. The fraction of sp³-hybridized carbons (Fsp3) is 0.667. The van der Waals surface area contributed by atoms with Crippen LogP contribution in [0.4, 0.5) is 0 Å². The van der Waals surface area contributed by atoms with Gasteiger partial charge in [0.15, 0.2) is 0 Å². The van der Waals surface area contributed by atoms with Crippen LogP contribution in [-0.2, 0) is 4.74 Å². The molecule has 0 saturated carbocycles. The second-order valence-electron chi connectivity index (χ2n) is 1.94. The van der Waals surface area contributed by atoms with Crippen LogP contribution in [0.1, 0.15) is 6.92 Å². The van der Waals surface area contributed by atoms with Gasteiger partial charge < -0.3 is 10.1 Å². The van der Waals surface area contributed by atoms with Gasteiger partial charge in [-0.3, -0.25) is 0 Å². The van der Waals surface area contributed by atoms with E-state index in [4.69, 9.17) is 4.74 Å². The number of hydrogen-bond donors (Lipinski definition) is 1. The standard InChI is InChI=1S/C6H11NO/c1-6-2-4-8-5-3-7-6/h2,4,6-7H,3,5H2,1H3. The zero-order chi connectivity index (χ0) is 5.82. The lowest BCUT2D eigenvalue weighted by atomic mass is 10.3. The fourth-order valence-corrected chi connectivity index (χ4v) is 0.655. The molecule has 0 fully saturated rings. The molecule has 2 heteroatoms. The molecule has 0 saturated heterocycles. The minimum Gasteiger partial charge on any atom is -0.500 e. The summed E-state index contributed by atoms with van der Waals surface area (Å²) in [5.41, 5.74) is 0. The molecular weight excluding hydrogens is 102 g/mol. The Kier molecular flexibility index (Phi) is 1.92. The molecule has 46 valence electrons. The van der Waals surface area contributed by atoms with Crippen LogP contribution in [0.5, 0.6) is 0 Å². The van der Waals surface area contributed by atoms with Gasteiger partial charge in [-0.1, -0.05) is 0 Å². The minimum absolute atomic E-state index is 0.470. The van der Waals surface area contributed by atoms with E-state index >= 15 is 0 Å². The van der Waals surface area contributed by atoms with Crippen LogP contribution in [0.15, 0.2) is 12.3 Å². The Morgan fingerprint density at radius 3 is 3.50 bits per heavy atom. The maximum Gasteiger partial charge on any atom is 0.0997 e. The molecule has 0 bridgehead atoms. The van der Waals surface area contributed by atoms with Crippen molar-refractivity contribution in [3.05, 3.63) is 12.3 Å². The van der Waals surface area contributed by atoms with Gasteiger partial charge in [-0.15, -0.1) is 0 Å². The Balaban J connectivity index is 2.33. The monoisotopic (exact) mass is 113 g/mol. The molecule has 1 atom stereocenters. The first-order valence-electron chi connectivity index (χ1n) is 2.91. The number of rotatable bonds is 0. The van der Waals surface area contributed by atoms with E-state index in [-0.39, 0.29) is 0 Å². The van der Waals surface area contributed by atoms with Gasteiger partial charge in [0.25, 0.3) is 0 Å². The van der Waals surface area contributed by atoms with E-state index in [0.29, 0.717) is 6.04 Å². The third-order valence-corrected chi connectivity index (χ3v) is 1.15. The Morgan fingerprint density at radius 2 is 2.62 bits per heavy atom. The fourth-order valence-electron chi connectivity index (χ4n) is 0.655. The van der Waals surface area contributed by atoms with Gasteiger partial charge in [0, 0.05) is 12.6 Å². The molecule has 0 aromatic heterocycles. The molecule has 1 aliphatic rings. The summed E-state index contributed by atoms with van der Waals surface area (Å²) in [5.74, 6) is 0. The molecule has 8 heavy (non-hydrogen) atoms. The van der Waals surface area contributed by atoms with Gasteiger partial charge in [0.2, 0.25) is 0 Å². The topological polar surface area (TPSA) is 21.3 Å². The quantitative estimate of drug-likeness (QED) is 0.494. The lowest BCUT2D eigenvalue weighted by Crippen LogP contribution is -2.25. The molecule has 0 amide bonds. The first-order chi connectivity index (χ1) is 3.89. The van der Waals surface area contributed by atoms with E-state index in [1.807, 2.05) is 6.08 Å². The Bertz CT molecular complexity index is 90.5. The molecule has 1 N–H and O–H groups in total. The first kappa shape index (κ1) is 5.63. The average Bonchev–Trinajstić information content (AvgIpc) is 1.94. The van der Waals surface area contributed by atoms with E-state index in [9.17, 15) is 0 Å². The molecular formula is C6H11NO. The molecule has 1 aliphatic heterocycles. The second kappa shape index (κ2) is 2.72. The van der Waals surface area contributed by atoms with E-state index in [1.54, 1.807) is 6.26 Å². The van der Waals surface area contributed by atoms with Crippen molar-refractivity contribution in [1.29, 1.82) is 0 Å². The Labute approximate surface area is 49.5 Å². The molecule has 0 aromatic rings. The van der Waals surface area contributed by atoms with Crippen LogP contribution in [0.2, 0.25) is 0 Å². The highest BCUT2D eigenvalue weighted by atomic mass is 16.5. The van der Waals surface area contributed by atoms with Crippen molar-refractivity contribution in [3.8, 4) is 0 Å². The summed E-state index contributed by atoms with van der Waals surface area (Å²) in [5, 5.41) is 3.23. The van der Waals surface area contributed by atoms with Crippen molar-refractivity contribution in [2.24, 2.45) is 0 Å². The molecule has 2 nitrogen and oxygen atoms in total. The maximum atomic E-state index is 5.02. The highest BCUT2D eigenvalue weighted by Gasteiger charge is 1.97. The molecule has 0 radical (unpaired) electrons. The molecule has 0 spiro atoms. The second-order valence-corrected chi connectivity index (χ2v) is 1.94. The van der Waals surface area contributed by atoms with Crippen molar-refractivity contribution in [1.82, 2.24) is 5.32 Å². The molecule has 1 unspecified atom stereocenters. The third-order valence-electron chi connectivity index (χ3n) is 1.15. The zero-order valence-corrected chi connectivity index (χ0v) is 5.05. The van der Waals surface area contributed by atoms with Crippen molar-refractivity contribution in [3.63, 3.8) is 0 Å². The lowest BCUT2D eigenvalue weighted by Gasteiger charge is -2.01. The maximum absolute atomic E-state index is 5.02. The number of ether oxygens (including phenoxy) is 1. The lowest BCUT2D eigenvalue weighted by molar-refractivity contribution is 0.257. The van der Waals surface area contributed by atoms with Crippen molar-refractivity contribution < 1.29 is 4.74 Å². The summed E-state index contributed by atoms with van der Waals surface area (Å²) in [6.45, 7) is 3.85. The summed E-state index contributed by atoms with van der Waals surface area (Å²) in [7, 11) is 0. The van der Waals surface area contributed by atoms with Crippen LogP contribution in [0.3, 0.4) is 0 Å². The van der Waals surface area contributed by atoms with Crippen molar-refractivity contribution in [2.45, 2.75) is 13.0 Å². The summed E-state index contributed by atoms with van der Waals surface area (Å²) in [4.78, 5) is 0. The number of hydrogen-bond acceptors (Lipinski definition) is 2. The molecule has 0 aromatic carbocycles. The van der Waals surface area contributed by atoms with Gasteiger partial charge in [-0.25, -0.2) is 0 Å². The van der Waals surface area contributed by atoms with Crippen molar-refractivity contribution >= 4 is 0 Å². The van der Waals surface area contributed by atoms with E-state index in [1.165, 1.54) is 0 Å². The highest BCUT2D eigenvalue weighted by molar-refractivity contribution is 4.87. The molecule has 1 rings (SSSR count). The van der Waals surface area contributed by atoms with E-state index in [0.717, 1.165) is 13.2 Å². The summed E-state index contributed by atoms with van der Waals surface area (Å²) in [6.07, 6.45) is 3.76. The van der Waals surface area contributed by atoms with Gasteiger partial charge >= 0.3 is 0 Å². The van der Waals surface area contributed by atoms with Gasteiger partial charge in [0.05, 0.1) is 12.9 Å². The largest absolute Gasteiger partial charge is 0.500 e. The summed E-state index contributed by atoms with van der Waals surface area (Å²) < 4.78 is 5.02. The van der Waals surface area contributed by atoms with E-state index < -0.39 is 0 Å². The van der Waals surface area contributed by atoms with Gasteiger partial charge in [-0.2, -0.15) is 0 Å². The van der Waals surface area contributed by atoms with Crippen LogP contribution >= 0.6 is 0 Å². The van der Waals surface area contributed by atoms with Gasteiger partial charge in [-0.05, 0) is 13.0 Å². The normalized spacial score (nSPS) is 28.9. The molecule has 1 heterocycles. The zero-order valence-electron chi connectivity index (χ0n) is 5.05. The third kappa shape index (κ3) is 1.54. The predicted octanol–water partition coefficient (Wildman–Crippen LogP) is 0.508. The smallest absolute Gasteiger partial charge is 0.0997 e. The van der Waals surface area contributed by atoms with Crippen LogP contribution in [0.25, 0.3) is 0 Å². The summed E-state index contributed by atoms with van der Waals surface area (Å²) in [6, 6.07) is 0.470. The molecule has 0 aliphatic carbocycles. The SMILES string of the molecule is CC1C=COCCN1. The van der Waals surface area contributed by atoms with Crippen LogP contribution in [-0.4, -0.2) is 19.2 Å².